The molecule has 1 unspecified atom stereocenters. The lowest BCUT2D eigenvalue weighted by atomic mass is 9.74. The van der Waals surface area contributed by atoms with Gasteiger partial charge in [0, 0.05) is 35.3 Å². The first-order chi connectivity index (χ1) is 22.5. The van der Waals surface area contributed by atoms with Crippen molar-refractivity contribution < 1.29 is 27.8 Å². The Hall–Kier alpha value is -4.20. The van der Waals surface area contributed by atoms with E-state index in [-0.39, 0.29) is 34.5 Å². The number of benzene rings is 2. The Morgan fingerprint density at radius 2 is 1.87 bits per heavy atom. The molecule has 1 fully saturated rings. The molecule has 0 saturated carbocycles. The Morgan fingerprint density at radius 1 is 1.11 bits per heavy atom. The summed E-state index contributed by atoms with van der Waals surface area (Å²) in [6, 6.07) is 12.0. The second kappa shape index (κ2) is 12.1. The van der Waals surface area contributed by atoms with Gasteiger partial charge in [-0.05, 0) is 68.0 Å². The average molecular weight is 669 g/mol. The molecule has 1 spiro atoms. The van der Waals surface area contributed by atoms with E-state index in [9.17, 15) is 27.9 Å². The lowest BCUT2D eigenvalue weighted by Crippen LogP contribution is -2.46. The van der Waals surface area contributed by atoms with Gasteiger partial charge in [0.05, 0.1) is 36.0 Å². The lowest BCUT2D eigenvalue weighted by molar-refractivity contribution is -0.137. The van der Waals surface area contributed by atoms with Gasteiger partial charge in [0.1, 0.15) is 6.23 Å². The van der Waals surface area contributed by atoms with E-state index in [1.54, 1.807) is 16.7 Å². The molecule has 3 aliphatic rings. The zero-order valence-corrected chi connectivity index (χ0v) is 26.0. The largest absolute Gasteiger partial charge is 0.416 e. The van der Waals surface area contributed by atoms with Crippen molar-refractivity contribution in [2.75, 3.05) is 31.6 Å². The second-order valence-electron chi connectivity index (χ2n) is 12.2. The van der Waals surface area contributed by atoms with E-state index in [1.165, 1.54) is 10.6 Å². The van der Waals surface area contributed by atoms with Gasteiger partial charge in [-0.15, -0.1) is 5.10 Å². The molecule has 14 heteroatoms. The molecule has 10 nitrogen and oxygen atoms in total. The third-order valence-corrected chi connectivity index (χ3v) is 9.79. The van der Waals surface area contributed by atoms with Crippen LogP contribution in [0.2, 0.25) is 5.02 Å². The number of amides is 1. The van der Waals surface area contributed by atoms with Crippen molar-refractivity contribution in [3.63, 3.8) is 0 Å². The molecule has 246 valence electrons. The molecular weight excluding hydrogens is 637 g/mol. The van der Waals surface area contributed by atoms with Crippen LogP contribution in [0.5, 0.6) is 0 Å². The van der Waals surface area contributed by atoms with Gasteiger partial charge in [-0.25, -0.2) is 0 Å². The number of aromatic nitrogens is 4. The Kier molecular flexibility index (Phi) is 8.09. The number of hydrogen-bond donors (Lipinski definition) is 2. The van der Waals surface area contributed by atoms with Crippen LogP contribution in [0.1, 0.15) is 58.7 Å². The Bertz CT molecular complexity index is 1930. The molecule has 7 rings (SSSR count). The Labute approximate surface area is 272 Å². The number of rotatable bonds is 6. The van der Waals surface area contributed by atoms with Crippen LogP contribution in [0, 0.1) is 0 Å². The number of carbonyl (C=O) groups excluding carboxylic acids is 1. The summed E-state index contributed by atoms with van der Waals surface area (Å²) in [6.45, 7) is 1.79. The molecule has 0 radical (unpaired) electrons. The van der Waals surface area contributed by atoms with E-state index in [0.717, 1.165) is 23.4 Å². The molecule has 2 aromatic carbocycles. The van der Waals surface area contributed by atoms with Gasteiger partial charge >= 0.3 is 6.18 Å². The van der Waals surface area contributed by atoms with Gasteiger partial charge < -0.3 is 24.6 Å². The number of aliphatic hydroxyl groups excluding tert-OH is 1. The highest BCUT2D eigenvalue weighted by Crippen LogP contribution is 2.45. The van der Waals surface area contributed by atoms with Crippen LogP contribution in [0.3, 0.4) is 0 Å². The number of nitrogens with one attached hydrogen (secondary N) is 1. The number of hydrogen-bond acceptors (Lipinski definition) is 7. The third-order valence-electron chi connectivity index (χ3n) is 9.48. The SMILES string of the molecule is O=C(c1ccccc1)N1CCC2(CCc3c2c(=O)n2nc(C4=CCOCC4)nc2n3CC(O)Nc2ccc(C(F)(F)F)cc2Cl)CC1. The monoisotopic (exact) mass is 668 g/mol. The topological polar surface area (TPSA) is 114 Å². The number of halogens is 4. The highest BCUT2D eigenvalue weighted by molar-refractivity contribution is 6.33. The van der Waals surface area contributed by atoms with Crippen molar-refractivity contribution in [1.29, 1.82) is 0 Å². The predicted molar refractivity (Wildman–Crippen MR) is 168 cm³/mol. The molecule has 0 bridgehead atoms. The van der Waals surface area contributed by atoms with Gasteiger partial charge in [-0.1, -0.05) is 35.9 Å². The van der Waals surface area contributed by atoms with E-state index in [4.69, 9.17) is 21.3 Å². The molecule has 1 amide bonds. The summed E-state index contributed by atoms with van der Waals surface area (Å²) in [4.78, 5) is 34.0. The number of likely N-dealkylation sites (tertiary alicyclic amines) is 1. The minimum absolute atomic E-state index is 0.0479. The van der Waals surface area contributed by atoms with E-state index >= 15 is 0 Å². The number of piperidine rings is 1. The fourth-order valence-corrected chi connectivity index (χ4v) is 7.28. The number of fused-ring (bicyclic) bond motifs is 3. The van der Waals surface area contributed by atoms with Gasteiger partial charge in [0.15, 0.2) is 5.82 Å². The minimum Gasteiger partial charge on any atom is -0.377 e. The number of ether oxygens (including phenoxy) is 1. The van der Waals surface area contributed by atoms with Gasteiger partial charge in [0.25, 0.3) is 11.5 Å². The van der Waals surface area contributed by atoms with Gasteiger partial charge in [-0.2, -0.15) is 22.7 Å². The van der Waals surface area contributed by atoms with Gasteiger partial charge in [-0.3, -0.25) is 9.59 Å². The van der Waals surface area contributed by atoms with Gasteiger partial charge in [0.2, 0.25) is 5.78 Å². The van der Waals surface area contributed by atoms with Crippen LogP contribution in [-0.4, -0.2) is 67.6 Å². The smallest absolute Gasteiger partial charge is 0.377 e. The maximum Gasteiger partial charge on any atom is 0.416 e. The zero-order valence-electron chi connectivity index (χ0n) is 25.3. The third kappa shape index (κ3) is 5.80. The molecule has 47 heavy (non-hydrogen) atoms. The number of alkyl halides is 3. The van der Waals surface area contributed by atoms with Crippen molar-refractivity contribution >= 4 is 34.5 Å². The van der Waals surface area contributed by atoms with Crippen LogP contribution in [-0.2, 0) is 29.3 Å². The van der Waals surface area contributed by atoms with Crippen molar-refractivity contribution in [1.82, 2.24) is 24.1 Å². The molecular formula is C33H32ClF3N6O4. The average Bonchev–Trinajstić information content (AvgIpc) is 3.68. The number of carbonyl (C=O) groups is 1. The van der Waals surface area contributed by atoms with E-state index in [1.807, 2.05) is 29.2 Å². The molecule has 2 aromatic heterocycles. The predicted octanol–water partition coefficient (Wildman–Crippen LogP) is 4.92. The molecule has 4 heterocycles. The van der Waals surface area contributed by atoms with E-state index < -0.39 is 23.4 Å². The maximum absolute atomic E-state index is 14.2. The Balaban J connectivity index is 1.24. The number of anilines is 1. The standard InChI is InChI=1S/C33H32ClF3N6O4/c34-23-18-22(33(35,36)37)6-7-24(23)38-26(44)19-42-25-8-11-32(12-14-41(15-13-32)29(45)21-4-2-1-3-5-21)27(25)30(46)43-31(42)39-28(40-43)20-9-16-47-17-10-20/h1-7,9,18,26,38,44H,8,10-17,19H2. The quantitative estimate of drug-likeness (QED) is 0.281. The number of nitrogens with zero attached hydrogens (tertiary/aromatic N) is 5. The summed E-state index contributed by atoms with van der Waals surface area (Å²) < 4.78 is 48.0. The fourth-order valence-electron chi connectivity index (χ4n) is 7.04. The van der Waals surface area contributed by atoms with Crippen molar-refractivity contribution in [3.8, 4) is 0 Å². The number of aliphatic hydroxyl groups is 1. The molecule has 1 atom stereocenters. The summed E-state index contributed by atoms with van der Waals surface area (Å²) >= 11 is 6.16. The zero-order chi connectivity index (χ0) is 32.9. The van der Waals surface area contributed by atoms with Crippen LogP contribution in [0.15, 0.2) is 59.4 Å². The van der Waals surface area contributed by atoms with Crippen LogP contribution in [0.4, 0.5) is 18.9 Å². The second-order valence-corrected chi connectivity index (χ2v) is 12.6. The molecule has 1 aliphatic carbocycles. The Morgan fingerprint density at radius 3 is 2.55 bits per heavy atom. The first-order valence-corrected chi connectivity index (χ1v) is 15.9. The molecule has 2 N–H and O–H groups in total. The first-order valence-electron chi connectivity index (χ1n) is 15.5. The first kappa shape index (κ1) is 31.4. The lowest BCUT2D eigenvalue weighted by Gasteiger charge is -2.39. The van der Waals surface area contributed by atoms with E-state index in [2.05, 4.69) is 10.4 Å². The molecule has 2 aliphatic heterocycles. The molecule has 4 aromatic rings. The molecule has 1 saturated heterocycles. The van der Waals surface area contributed by atoms with E-state index in [0.29, 0.717) is 75.4 Å². The highest BCUT2D eigenvalue weighted by atomic mass is 35.5. The summed E-state index contributed by atoms with van der Waals surface area (Å²) in [5, 5.41) is 18.5. The summed E-state index contributed by atoms with van der Waals surface area (Å²) in [5.41, 5.74) is 1.26. The summed E-state index contributed by atoms with van der Waals surface area (Å²) in [6.07, 6.45) is -1.00. The van der Waals surface area contributed by atoms with Crippen molar-refractivity contribution in [2.24, 2.45) is 0 Å². The van der Waals surface area contributed by atoms with Crippen molar-refractivity contribution in [2.45, 2.75) is 56.5 Å². The summed E-state index contributed by atoms with van der Waals surface area (Å²) in [7, 11) is 0. The highest BCUT2D eigenvalue weighted by Gasteiger charge is 2.46. The van der Waals surface area contributed by atoms with Crippen LogP contribution >= 0.6 is 11.6 Å². The van der Waals surface area contributed by atoms with Crippen LogP contribution in [0.25, 0.3) is 11.4 Å². The van der Waals surface area contributed by atoms with Crippen LogP contribution < -0.4 is 10.9 Å². The summed E-state index contributed by atoms with van der Waals surface area (Å²) in [5.74, 6) is 0.603. The normalized spacial score (nSPS) is 18.3. The minimum atomic E-state index is -4.56. The maximum atomic E-state index is 14.2. The van der Waals surface area contributed by atoms with Crippen molar-refractivity contribution in [3.05, 3.63) is 98.2 Å². The fraction of sp³-hybridized carbons (Fsp3) is 0.394.